The summed E-state index contributed by atoms with van der Waals surface area (Å²) in [6.45, 7) is 4.85. The Morgan fingerprint density at radius 3 is 2.72 bits per heavy atom. The van der Waals surface area contributed by atoms with Gasteiger partial charge in [0.2, 0.25) is 0 Å². The summed E-state index contributed by atoms with van der Waals surface area (Å²) >= 11 is 9.26. The monoisotopic (exact) mass is 443 g/mol. The first kappa shape index (κ1) is 20.4. The van der Waals surface area contributed by atoms with Crippen molar-refractivity contribution in [3.8, 4) is 0 Å². The van der Waals surface area contributed by atoms with Gasteiger partial charge >= 0.3 is 0 Å². The molecule has 2 aliphatic heterocycles. The lowest BCUT2D eigenvalue weighted by molar-refractivity contribution is -0.122. The molecule has 29 heavy (non-hydrogen) atoms. The molecule has 2 aromatic rings. The van der Waals surface area contributed by atoms with E-state index in [1.54, 1.807) is 11.8 Å². The molecule has 2 heterocycles. The summed E-state index contributed by atoms with van der Waals surface area (Å²) in [7, 11) is 1.98. The molecule has 1 amide bonds. The standard InChI is InChI=1S/C22H22ClN3OS2/c1-4-5-11-26-20(27)19(29-22(26)24-16-8-6-7-14(2)12-16)21-25(3)17-13-15(23)9-10-18(17)28-21/h6-10,12-13H,4-5,11H2,1-3H3. The molecule has 7 heteroatoms. The summed E-state index contributed by atoms with van der Waals surface area (Å²) in [5, 5.41) is 2.38. The van der Waals surface area contributed by atoms with Crippen LogP contribution in [0.1, 0.15) is 25.3 Å². The molecular formula is C22H22ClN3OS2. The van der Waals surface area contributed by atoms with Crippen LogP contribution < -0.4 is 4.90 Å². The van der Waals surface area contributed by atoms with Crippen LogP contribution in [-0.2, 0) is 4.79 Å². The third-order valence-electron chi connectivity index (χ3n) is 4.81. The predicted molar refractivity (Wildman–Crippen MR) is 125 cm³/mol. The number of aliphatic imine (C=N–C) groups is 1. The molecule has 0 unspecified atom stereocenters. The molecule has 0 bridgehead atoms. The van der Waals surface area contributed by atoms with E-state index >= 15 is 0 Å². The van der Waals surface area contributed by atoms with Crippen molar-refractivity contribution in [2.45, 2.75) is 31.6 Å². The number of halogens is 1. The number of benzene rings is 2. The van der Waals surface area contributed by atoms with E-state index in [0.717, 1.165) is 49.8 Å². The van der Waals surface area contributed by atoms with Crippen LogP contribution in [0.5, 0.6) is 0 Å². The van der Waals surface area contributed by atoms with E-state index < -0.39 is 0 Å². The fourth-order valence-electron chi connectivity index (χ4n) is 3.26. The van der Waals surface area contributed by atoms with Gasteiger partial charge in [0.1, 0.15) is 4.91 Å². The third-order valence-corrected chi connectivity index (χ3v) is 7.48. The minimum atomic E-state index is 0.0307. The summed E-state index contributed by atoms with van der Waals surface area (Å²) in [5.41, 5.74) is 3.05. The van der Waals surface area contributed by atoms with Gasteiger partial charge in [0.05, 0.1) is 16.4 Å². The first-order chi connectivity index (χ1) is 14.0. The molecule has 2 aromatic carbocycles. The highest BCUT2D eigenvalue weighted by atomic mass is 35.5. The van der Waals surface area contributed by atoms with Gasteiger partial charge in [-0.3, -0.25) is 9.69 Å². The molecule has 150 valence electrons. The van der Waals surface area contributed by atoms with Crippen molar-refractivity contribution in [2.75, 3.05) is 18.5 Å². The quantitative estimate of drug-likeness (QED) is 0.510. The number of amides is 1. The number of rotatable bonds is 4. The number of carbonyl (C=O) groups excluding carboxylic acids is 1. The summed E-state index contributed by atoms with van der Waals surface area (Å²) < 4.78 is 0. The van der Waals surface area contributed by atoms with Crippen molar-refractivity contribution in [1.82, 2.24) is 4.90 Å². The van der Waals surface area contributed by atoms with Gasteiger partial charge < -0.3 is 4.90 Å². The van der Waals surface area contributed by atoms with E-state index in [4.69, 9.17) is 16.6 Å². The fraction of sp³-hybridized carbons (Fsp3) is 0.273. The summed E-state index contributed by atoms with van der Waals surface area (Å²) in [4.78, 5) is 23.9. The Morgan fingerprint density at radius 2 is 1.97 bits per heavy atom. The average Bonchev–Trinajstić information content (AvgIpc) is 3.17. The highest BCUT2D eigenvalue weighted by Gasteiger charge is 2.38. The van der Waals surface area contributed by atoms with Gasteiger partial charge in [0.15, 0.2) is 5.17 Å². The second-order valence-electron chi connectivity index (χ2n) is 7.05. The number of aryl methyl sites for hydroxylation is 1. The summed E-state index contributed by atoms with van der Waals surface area (Å²) in [6.07, 6.45) is 1.97. The van der Waals surface area contributed by atoms with Crippen LogP contribution in [0.3, 0.4) is 0 Å². The molecule has 0 spiro atoms. The summed E-state index contributed by atoms with van der Waals surface area (Å²) in [5.74, 6) is 0.0307. The van der Waals surface area contributed by atoms with E-state index in [1.165, 1.54) is 11.8 Å². The number of amidine groups is 1. The van der Waals surface area contributed by atoms with Gasteiger partial charge in [-0.1, -0.05) is 48.8 Å². The molecule has 2 aliphatic rings. The van der Waals surface area contributed by atoms with Gasteiger partial charge in [-0.2, -0.15) is 0 Å². The molecule has 4 nitrogen and oxygen atoms in total. The predicted octanol–water partition coefficient (Wildman–Crippen LogP) is 6.42. The molecule has 1 saturated heterocycles. The molecule has 0 aliphatic carbocycles. The summed E-state index contributed by atoms with van der Waals surface area (Å²) in [6, 6.07) is 13.9. The van der Waals surface area contributed by atoms with Crippen molar-refractivity contribution in [3.63, 3.8) is 0 Å². The maximum absolute atomic E-state index is 13.3. The van der Waals surface area contributed by atoms with Crippen LogP contribution in [0.25, 0.3) is 0 Å². The Labute approximate surface area is 185 Å². The number of thioether (sulfide) groups is 2. The van der Waals surface area contributed by atoms with Gasteiger partial charge in [-0.15, -0.1) is 0 Å². The topological polar surface area (TPSA) is 35.9 Å². The Bertz CT molecular complexity index is 1030. The van der Waals surface area contributed by atoms with E-state index in [1.807, 2.05) is 61.3 Å². The third kappa shape index (κ3) is 4.06. The lowest BCUT2D eigenvalue weighted by atomic mass is 10.2. The highest BCUT2D eigenvalue weighted by Crippen LogP contribution is 2.50. The van der Waals surface area contributed by atoms with Crippen molar-refractivity contribution < 1.29 is 4.79 Å². The Balaban J connectivity index is 1.72. The molecular weight excluding hydrogens is 422 g/mol. The van der Waals surface area contributed by atoms with Crippen molar-refractivity contribution in [3.05, 3.63) is 63.0 Å². The minimum absolute atomic E-state index is 0.0307. The maximum Gasteiger partial charge on any atom is 0.269 e. The Kier molecular flexibility index (Phi) is 5.95. The van der Waals surface area contributed by atoms with E-state index in [2.05, 4.69) is 11.8 Å². The number of carbonyl (C=O) groups is 1. The molecule has 1 fully saturated rings. The number of unbranched alkanes of at least 4 members (excludes halogenated alkanes) is 1. The van der Waals surface area contributed by atoms with Crippen LogP contribution >= 0.6 is 35.1 Å². The normalized spacial score (nSPS) is 20.1. The molecule has 4 rings (SSSR count). The zero-order valence-corrected chi connectivity index (χ0v) is 19.0. The molecule has 0 radical (unpaired) electrons. The van der Waals surface area contributed by atoms with Crippen LogP contribution in [0.4, 0.5) is 11.4 Å². The van der Waals surface area contributed by atoms with E-state index in [-0.39, 0.29) is 5.91 Å². The van der Waals surface area contributed by atoms with Crippen molar-refractivity contribution in [1.29, 1.82) is 0 Å². The van der Waals surface area contributed by atoms with Crippen LogP contribution in [-0.4, -0.2) is 29.6 Å². The van der Waals surface area contributed by atoms with Crippen LogP contribution in [0, 0.1) is 6.92 Å². The van der Waals surface area contributed by atoms with Gasteiger partial charge in [0.25, 0.3) is 5.91 Å². The van der Waals surface area contributed by atoms with Gasteiger partial charge in [-0.25, -0.2) is 4.99 Å². The largest absolute Gasteiger partial charge is 0.337 e. The molecule has 0 aromatic heterocycles. The van der Waals surface area contributed by atoms with E-state index in [0.29, 0.717) is 11.6 Å². The van der Waals surface area contributed by atoms with Crippen LogP contribution in [0.2, 0.25) is 5.02 Å². The zero-order chi connectivity index (χ0) is 20.5. The molecule has 0 atom stereocenters. The van der Waals surface area contributed by atoms with Crippen molar-refractivity contribution >= 4 is 57.6 Å². The van der Waals surface area contributed by atoms with Crippen molar-refractivity contribution in [2.24, 2.45) is 4.99 Å². The number of nitrogens with zero attached hydrogens (tertiary/aromatic N) is 3. The number of hydrogen-bond acceptors (Lipinski definition) is 5. The van der Waals surface area contributed by atoms with E-state index in [9.17, 15) is 4.79 Å². The lowest BCUT2D eigenvalue weighted by Gasteiger charge is -2.16. The fourth-order valence-corrected chi connectivity index (χ4v) is 5.77. The number of hydrogen-bond donors (Lipinski definition) is 0. The maximum atomic E-state index is 13.3. The Morgan fingerprint density at radius 1 is 1.14 bits per heavy atom. The number of anilines is 1. The zero-order valence-electron chi connectivity index (χ0n) is 16.6. The first-order valence-corrected chi connectivity index (χ1v) is 11.6. The van der Waals surface area contributed by atoms with Gasteiger partial charge in [0, 0.05) is 23.5 Å². The first-order valence-electron chi connectivity index (χ1n) is 9.58. The molecule has 0 N–H and O–H groups in total. The smallest absolute Gasteiger partial charge is 0.269 e. The second-order valence-corrected chi connectivity index (χ2v) is 9.50. The Hall–Kier alpha value is -1.89. The minimum Gasteiger partial charge on any atom is -0.337 e. The average molecular weight is 444 g/mol. The molecule has 0 saturated carbocycles. The second kappa shape index (κ2) is 8.46. The highest BCUT2D eigenvalue weighted by molar-refractivity contribution is 8.19. The number of fused-ring (bicyclic) bond motifs is 1. The van der Waals surface area contributed by atoms with Crippen LogP contribution in [0.15, 0.2) is 62.3 Å². The lowest BCUT2D eigenvalue weighted by Crippen LogP contribution is -2.30. The van der Waals surface area contributed by atoms with Gasteiger partial charge in [-0.05, 0) is 61.0 Å². The SMILES string of the molecule is CCCCN1C(=O)C(=C2Sc3ccc(Cl)cc3N2C)SC1=Nc1cccc(C)c1.